The van der Waals surface area contributed by atoms with Crippen LogP contribution in [0.25, 0.3) is 44.1 Å². The second-order valence-electron chi connectivity index (χ2n) is 22.1. The normalized spacial score (nSPS) is 18.8. The van der Waals surface area contributed by atoms with Gasteiger partial charge in [0.2, 0.25) is 12.3 Å². The van der Waals surface area contributed by atoms with Crippen LogP contribution in [0.1, 0.15) is 126 Å². The summed E-state index contributed by atoms with van der Waals surface area (Å²) in [5.41, 5.74) is 9.18. The van der Waals surface area contributed by atoms with Gasteiger partial charge in [0.1, 0.15) is 42.4 Å². The lowest BCUT2D eigenvalue weighted by Crippen LogP contribution is -2.50. The van der Waals surface area contributed by atoms with Crippen LogP contribution in [0.4, 0.5) is 10.2 Å². The van der Waals surface area contributed by atoms with E-state index in [0.717, 1.165) is 119 Å². The number of benzene rings is 4. The number of aromatic nitrogens is 6. The number of methoxy groups -OCH3 is 1. The SMILES string of the molecule is CC.CCC1CN(c2nc(OC[C@H](C)OC)nc3c(OCc4ccc(C5CN(C(C(=O)N6CCCC6C)C(C)C)N=N5)cc4)c(-c4c(C)c(F)cc5[nH]ncc45)c(C4CC4)cc23)CCN1.O=CNC(CO)c1ccc(-c2ccnnc2)cc1. The number of aliphatic hydroxyl groups is 1. The molecular weight excluding hydrogens is 1050 g/mol. The van der Waals surface area contributed by atoms with Crippen molar-refractivity contribution in [3.05, 3.63) is 119 Å². The van der Waals surface area contributed by atoms with Crippen molar-refractivity contribution in [3.8, 4) is 34.0 Å². The number of carbonyl (C=O) groups is 2. The van der Waals surface area contributed by atoms with Crippen LogP contribution in [0, 0.1) is 18.7 Å². The first kappa shape index (κ1) is 59.9. The Labute approximate surface area is 485 Å². The van der Waals surface area contributed by atoms with Gasteiger partial charge in [0.15, 0.2) is 5.75 Å². The summed E-state index contributed by atoms with van der Waals surface area (Å²) in [4.78, 5) is 38.7. The van der Waals surface area contributed by atoms with Gasteiger partial charge in [-0.05, 0) is 116 Å². The molecule has 6 heterocycles. The van der Waals surface area contributed by atoms with Gasteiger partial charge in [-0.3, -0.25) is 19.7 Å². The lowest BCUT2D eigenvalue weighted by Gasteiger charge is -2.35. The number of likely N-dealkylation sites (tertiary alicyclic amines) is 1. The van der Waals surface area contributed by atoms with Crippen molar-refractivity contribution in [1.29, 1.82) is 0 Å². The zero-order valence-electron chi connectivity index (χ0n) is 49.3. The molecular formula is C63H80FN13O6. The first-order chi connectivity index (χ1) is 40.4. The molecule has 11 rings (SSSR count). The van der Waals surface area contributed by atoms with Crippen LogP contribution in [0.3, 0.4) is 0 Å². The van der Waals surface area contributed by atoms with E-state index in [4.69, 9.17) is 29.3 Å². The molecule has 1 aliphatic carbocycles. The van der Waals surface area contributed by atoms with E-state index < -0.39 is 0 Å². The van der Waals surface area contributed by atoms with Gasteiger partial charge in [0.05, 0.1) is 49.4 Å². The molecule has 6 atom stereocenters. The molecule has 2 amide bonds. The molecule has 0 spiro atoms. The van der Waals surface area contributed by atoms with Gasteiger partial charge < -0.3 is 39.8 Å². The number of fused-ring (bicyclic) bond motifs is 2. The van der Waals surface area contributed by atoms with Crippen LogP contribution in [-0.2, 0) is 20.9 Å². The number of nitrogens with one attached hydrogen (secondary N) is 3. The Kier molecular flexibility index (Phi) is 19.9. The number of hydrogen-bond donors (Lipinski definition) is 4. The zero-order chi connectivity index (χ0) is 58.7. The van der Waals surface area contributed by atoms with Crippen molar-refractivity contribution in [2.24, 2.45) is 16.3 Å². The van der Waals surface area contributed by atoms with Gasteiger partial charge in [0, 0.05) is 72.8 Å². The minimum absolute atomic E-state index is 0.0886. The molecule has 3 fully saturated rings. The van der Waals surface area contributed by atoms with Gasteiger partial charge in [-0.15, -0.1) is 0 Å². The Bertz CT molecular complexity index is 3330. The largest absolute Gasteiger partial charge is 0.486 e. The third kappa shape index (κ3) is 13.6. The third-order valence-electron chi connectivity index (χ3n) is 16.2. The molecule has 1 saturated carbocycles. The van der Waals surface area contributed by atoms with Gasteiger partial charge >= 0.3 is 6.01 Å². The summed E-state index contributed by atoms with van der Waals surface area (Å²) >= 11 is 0. The zero-order valence-corrected chi connectivity index (χ0v) is 49.3. The maximum Gasteiger partial charge on any atom is 0.319 e. The average molecular weight is 1130 g/mol. The molecule has 3 aromatic heterocycles. The maximum absolute atomic E-state index is 16.0. The van der Waals surface area contributed by atoms with E-state index in [2.05, 4.69) is 104 Å². The molecule has 4 aliphatic rings. The molecule has 0 radical (unpaired) electrons. The number of amides is 2. The summed E-state index contributed by atoms with van der Waals surface area (Å²) in [6, 6.07) is 21.3. The second kappa shape index (κ2) is 27.6. The molecule has 2 saturated heterocycles. The van der Waals surface area contributed by atoms with Gasteiger partial charge in [-0.1, -0.05) is 88.4 Å². The lowest BCUT2D eigenvalue weighted by molar-refractivity contribution is -0.139. The van der Waals surface area contributed by atoms with Crippen LogP contribution in [0.15, 0.2) is 95.7 Å². The molecule has 4 aromatic carbocycles. The number of aromatic amines is 1. The predicted molar refractivity (Wildman–Crippen MR) is 320 cm³/mol. The van der Waals surface area contributed by atoms with E-state index in [9.17, 15) is 9.59 Å². The summed E-state index contributed by atoms with van der Waals surface area (Å²) < 4.78 is 34.9. The van der Waals surface area contributed by atoms with Gasteiger partial charge in [0.25, 0.3) is 0 Å². The number of rotatable bonds is 20. The monoisotopic (exact) mass is 1130 g/mol. The number of hydrogen-bond acceptors (Lipinski definition) is 16. The van der Waals surface area contributed by atoms with Crippen LogP contribution in [-0.4, -0.2) is 135 Å². The minimum Gasteiger partial charge on any atom is -0.486 e. The Morgan fingerprint density at radius 2 is 1.71 bits per heavy atom. The summed E-state index contributed by atoms with van der Waals surface area (Å²) in [5, 5.41) is 43.0. The van der Waals surface area contributed by atoms with E-state index >= 15 is 4.39 Å². The third-order valence-corrected chi connectivity index (χ3v) is 16.2. The number of ether oxygens (including phenoxy) is 3. The van der Waals surface area contributed by atoms with E-state index in [1.165, 1.54) is 6.07 Å². The van der Waals surface area contributed by atoms with Crippen LogP contribution >= 0.6 is 0 Å². The molecule has 19 nitrogen and oxygen atoms in total. The summed E-state index contributed by atoms with van der Waals surface area (Å²) in [6.45, 7) is 20.3. The first-order valence-electron chi connectivity index (χ1n) is 29.4. The topological polar surface area (TPSA) is 221 Å². The predicted octanol–water partition coefficient (Wildman–Crippen LogP) is 10.4. The quantitative estimate of drug-likeness (QED) is 0.0522. The van der Waals surface area contributed by atoms with Crippen molar-refractivity contribution in [2.45, 2.75) is 136 Å². The number of anilines is 1. The Balaban J connectivity index is 0.000000351. The Hall–Kier alpha value is -7.68. The van der Waals surface area contributed by atoms with Crippen molar-refractivity contribution in [3.63, 3.8) is 0 Å². The van der Waals surface area contributed by atoms with Crippen molar-refractivity contribution >= 4 is 39.9 Å². The first-order valence-corrected chi connectivity index (χ1v) is 29.4. The molecule has 4 N–H and O–H groups in total. The highest BCUT2D eigenvalue weighted by Crippen LogP contribution is 2.53. The second-order valence-corrected chi connectivity index (χ2v) is 22.1. The molecule has 3 aliphatic heterocycles. The lowest BCUT2D eigenvalue weighted by atomic mass is 9.88. The number of H-pyrrole nitrogens is 1. The fraction of sp³-hybridized carbons (Fsp3) is 0.476. The van der Waals surface area contributed by atoms with Crippen molar-refractivity contribution < 1.29 is 33.3 Å². The Morgan fingerprint density at radius 3 is 2.37 bits per heavy atom. The van der Waals surface area contributed by atoms with Crippen molar-refractivity contribution in [1.82, 2.24) is 50.9 Å². The standard InChI is InChI=1S/C48H61FN10O4.C13H13N3O2.C2H6/c1-8-34-23-57(19-17-50-34)46-36-20-35(32-15-16-32)42(41-30(6)38(49)21-39-37(41)22-51-54-39)45(43(36)52-48(53-46)63-25-29(5)61-7)62-26-31-11-13-33(14-12-31)40-24-59(56-55-40)44(27(2)3)47(60)58-18-9-10-28(58)4;17-8-13(14-9-18)11-3-1-10(2-4-11)12-5-6-15-16-7-12;1-2/h11-14,20-22,27-29,32,34,40,44,50H,8-10,15-19,23-26H2,1-7H3,(H,51,54);1-7,9,13,17H,8H2,(H,14,18);1-2H3/t28?,29-,34?,40?,44?;;/m0../s1. The number of aliphatic hydroxyl groups excluding tert-OH is 1. The van der Waals surface area contributed by atoms with Gasteiger partial charge in [-0.2, -0.15) is 30.4 Å². The molecule has 440 valence electrons. The molecule has 83 heavy (non-hydrogen) atoms. The van der Waals surface area contributed by atoms with E-state index in [0.29, 0.717) is 41.3 Å². The van der Waals surface area contributed by atoms with E-state index in [1.807, 2.05) is 67.9 Å². The molecule has 0 bridgehead atoms. The number of halogens is 1. The minimum atomic E-state index is -0.368. The molecule has 5 unspecified atom stereocenters. The number of piperazine rings is 1. The van der Waals surface area contributed by atoms with E-state index in [-0.39, 0.29) is 79.7 Å². The fourth-order valence-electron chi connectivity index (χ4n) is 11.3. The highest BCUT2D eigenvalue weighted by Gasteiger charge is 2.39. The van der Waals surface area contributed by atoms with Crippen molar-refractivity contribution in [2.75, 3.05) is 57.9 Å². The van der Waals surface area contributed by atoms with Crippen LogP contribution in [0.5, 0.6) is 11.8 Å². The highest BCUT2D eigenvalue weighted by molar-refractivity contribution is 6.06. The van der Waals surface area contributed by atoms with Gasteiger partial charge in [-0.25, -0.2) is 4.39 Å². The average Bonchev–Trinajstić information content (AvgIpc) is 4.03. The Morgan fingerprint density at radius 1 is 0.928 bits per heavy atom. The van der Waals surface area contributed by atoms with E-state index in [1.54, 1.807) is 25.7 Å². The molecule has 7 aromatic rings. The summed E-state index contributed by atoms with van der Waals surface area (Å²) in [6.07, 6.45) is 10.6. The maximum atomic E-state index is 16.0. The number of nitrogens with zero attached hydrogens (tertiary/aromatic N) is 10. The summed E-state index contributed by atoms with van der Waals surface area (Å²) in [5.74, 6) is 1.52. The number of carbonyl (C=O) groups excluding carboxylic acids is 2. The fourth-order valence-corrected chi connectivity index (χ4v) is 11.3. The highest BCUT2D eigenvalue weighted by atomic mass is 19.1. The smallest absolute Gasteiger partial charge is 0.319 e. The van der Waals surface area contributed by atoms with Crippen LogP contribution < -0.4 is 25.0 Å². The van der Waals surface area contributed by atoms with Crippen LogP contribution in [0.2, 0.25) is 0 Å². The molecule has 20 heteroatoms. The summed E-state index contributed by atoms with van der Waals surface area (Å²) in [7, 11) is 1.65.